The Morgan fingerprint density at radius 1 is 1.43 bits per heavy atom. The molecule has 1 aliphatic rings. The Morgan fingerprint density at radius 3 is 2.79 bits per heavy atom. The van der Waals surface area contributed by atoms with Crippen molar-refractivity contribution in [1.29, 1.82) is 0 Å². The predicted octanol–water partition coefficient (Wildman–Crippen LogP) is 2.46. The maximum absolute atomic E-state index is 9.23. The van der Waals surface area contributed by atoms with Gasteiger partial charge in [-0.3, -0.25) is 0 Å². The van der Waals surface area contributed by atoms with Crippen LogP contribution in [0.5, 0.6) is 5.75 Å². The Balaban J connectivity index is 2.36. The van der Waals surface area contributed by atoms with Crippen LogP contribution >= 0.6 is 0 Å². The fourth-order valence-electron chi connectivity index (χ4n) is 1.84. The first-order chi connectivity index (χ1) is 6.86. The molecular weight excluding hydrogens is 176 g/mol. The molecule has 0 bridgehead atoms. The summed E-state index contributed by atoms with van der Waals surface area (Å²) in [6, 6.07) is 5.93. The average Bonchev–Trinajstić information content (AvgIpc) is 3.01. The molecule has 2 heteroatoms. The van der Waals surface area contributed by atoms with Crippen LogP contribution in [0.1, 0.15) is 36.8 Å². The van der Waals surface area contributed by atoms with E-state index in [1.807, 2.05) is 25.1 Å². The van der Waals surface area contributed by atoms with Crippen LogP contribution in [0.2, 0.25) is 0 Å². The van der Waals surface area contributed by atoms with Crippen molar-refractivity contribution in [2.45, 2.75) is 32.3 Å². The molecule has 0 unspecified atom stereocenters. The maximum atomic E-state index is 9.23. The molecule has 1 saturated carbocycles. The number of hydrogen-bond acceptors (Lipinski definition) is 2. The van der Waals surface area contributed by atoms with Gasteiger partial charge in [-0.25, -0.2) is 0 Å². The zero-order valence-electron chi connectivity index (χ0n) is 8.49. The van der Waals surface area contributed by atoms with Crippen molar-refractivity contribution in [2.75, 3.05) is 6.61 Å². The van der Waals surface area contributed by atoms with Crippen molar-refractivity contribution < 1.29 is 9.84 Å². The number of hydrogen-bond donors (Lipinski definition) is 1. The van der Waals surface area contributed by atoms with E-state index >= 15 is 0 Å². The number of aliphatic hydroxyl groups is 1. The summed E-state index contributed by atoms with van der Waals surface area (Å²) in [6.07, 6.45) is 2.47. The minimum atomic E-state index is 0.118. The van der Waals surface area contributed by atoms with Gasteiger partial charge in [-0.2, -0.15) is 0 Å². The Hall–Kier alpha value is -1.02. The van der Waals surface area contributed by atoms with Gasteiger partial charge in [0.1, 0.15) is 5.75 Å². The van der Waals surface area contributed by atoms with Gasteiger partial charge in [0.15, 0.2) is 0 Å². The molecule has 2 rings (SSSR count). The Kier molecular flexibility index (Phi) is 2.73. The summed E-state index contributed by atoms with van der Waals surface area (Å²) in [6.45, 7) is 2.80. The van der Waals surface area contributed by atoms with Gasteiger partial charge in [0.2, 0.25) is 0 Å². The number of rotatable bonds is 4. The fraction of sp³-hybridized carbons (Fsp3) is 0.500. The second-order valence-corrected chi connectivity index (χ2v) is 3.69. The van der Waals surface area contributed by atoms with Crippen LogP contribution in [0.15, 0.2) is 18.2 Å². The molecule has 1 aromatic carbocycles. The molecule has 0 spiro atoms. The largest absolute Gasteiger partial charge is 0.494 e. The first kappa shape index (κ1) is 9.53. The third-order valence-electron chi connectivity index (χ3n) is 2.61. The molecule has 0 atom stereocenters. The molecule has 1 N–H and O–H groups in total. The standard InChI is InChI=1S/C12H16O2/c1-2-14-11-5-3-4-10(8-13)12(11)9-6-7-9/h3-5,9,13H,2,6-8H2,1H3. The molecule has 1 fully saturated rings. The molecular formula is C12H16O2. The lowest BCUT2D eigenvalue weighted by molar-refractivity contribution is 0.278. The number of benzene rings is 1. The third kappa shape index (κ3) is 1.75. The lowest BCUT2D eigenvalue weighted by Gasteiger charge is -2.12. The van der Waals surface area contributed by atoms with E-state index in [9.17, 15) is 5.11 Å². The predicted molar refractivity (Wildman–Crippen MR) is 55.5 cm³/mol. The van der Waals surface area contributed by atoms with Crippen molar-refractivity contribution in [3.05, 3.63) is 29.3 Å². The van der Waals surface area contributed by atoms with Crippen molar-refractivity contribution in [3.8, 4) is 5.75 Å². The average molecular weight is 192 g/mol. The maximum Gasteiger partial charge on any atom is 0.123 e. The van der Waals surface area contributed by atoms with E-state index in [-0.39, 0.29) is 6.61 Å². The summed E-state index contributed by atoms with van der Waals surface area (Å²) in [5.41, 5.74) is 2.26. The van der Waals surface area contributed by atoms with Gasteiger partial charge in [-0.05, 0) is 37.3 Å². The van der Waals surface area contributed by atoms with Crippen molar-refractivity contribution in [2.24, 2.45) is 0 Å². The van der Waals surface area contributed by atoms with E-state index in [4.69, 9.17) is 4.74 Å². The Bertz CT molecular complexity index is 316. The normalized spacial score (nSPS) is 15.6. The number of aliphatic hydroxyl groups excluding tert-OH is 1. The van der Waals surface area contributed by atoms with Crippen molar-refractivity contribution >= 4 is 0 Å². The topological polar surface area (TPSA) is 29.5 Å². The molecule has 76 valence electrons. The first-order valence-electron chi connectivity index (χ1n) is 5.22. The molecule has 0 radical (unpaired) electrons. The highest BCUT2D eigenvalue weighted by Gasteiger charge is 2.28. The molecule has 2 nitrogen and oxygen atoms in total. The smallest absolute Gasteiger partial charge is 0.123 e. The molecule has 14 heavy (non-hydrogen) atoms. The summed E-state index contributed by atoms with van der Waals surface area (Å²) in [4.78, 5) is 0. The van der Waals surface area contributed by atoms with E-state index in [0.717, 1.165) is 11.3 Å². The van der Waals surface area contributed by atoms with Crippen LogP contribution in [-0.2, 0) is 6.61 Å². The molecule has 0 saturated heterocycles. The van der Waals surface area contributed by atoms with Crippen LogP contribution in [0.3, 0.4) is 0 Å². The summed E-state index contributed by atoms with van der Waals surface area (Å²) < 4.78 is 5.57. The van der Waals surface area contributed by atoms with E-state index in [1.165, 1.54) is 18.4 Å². The van der Waals surface area contributed by atoms with Crippen molar-refractivity contribution in [1.82, 2.24) is 0 Å². The minimum Gasteiger partial charge on any atom is -0.494 e. The van der Waals surface area contributed by atoms with Crippen LogP contribution in [0, 0.1) is 0 Å². The summed E-state index contributed by atoms with van der Waals surface area (Å²) >= 11 is 0. The first-order valence-corrected chi connectivity index (χ1v) is 5.22. The van der Waals surface area contributed by atoms with Gasteiger partial charge in [-0.1, -0.05) is 12.1 Å². The summed E-state index contributed by atoms with van der Waals surface area (Å²) in [7, 11) is 0. The summed E-state index contributed by atoms with van der Waals surface area (Å²) in [5.74, 6) is 1.58. The second-order valence-electron chi connectivity index (χ2n) is 3.69. The highest BCUT2D eigenvalue weighted by Crippen LogP contribution is 2.46. The third-order valence-corrected chi connectivity index (χ3v) is 2.61. The molecule has 0 aromatic heterocycles. The van der Waals surface area contributed by atoms with Gasteiger partial charge < -0.3 is 9.84 Å². The zero-order chi connectivity index (χ0) is 9.97. The molecule has 1 aliphatic carbocycles. The Labute approximate surface area is 84.5 Å². The lowest BCUT2D eigenvalue weighted by Crippen LogP contribution is -1.99. The van der Waals surface area contributed by atoms with Gasteiger partial charge in [-0.15, -0.1) is 0 Å². The van der Waals surface area contributed by atoms with Crippen LogP contribution in [0.25, 0.3) is 0 Å². The van der Waals surface area contributed by atoms with Gasteiger partial charge in [0, 0.05) is 5.56 Å². The zero-order valence-corrected chi connectivity index (χ0v) is 8.49. The van der Waals surface area contributed by atoms with Gasteiger partial charge in [0.25, 0.3) is 0 Å². The monoisotopic (exact) mass is 192 g/mol. The van der Waals surface area contributed by atoms with Crippen LogP contribution in [0.4, 0.5) is 0 Å². The quantitative estimate of drug-likeness (QED) is 0.794. The molecule has 1 aromatic rings. The number of ether oxygens (including phenoxy) is 1. The van der Waals surface area contributed by atoms with Gasteiger partial charge in [0.05, 0.1) is 13.2 Å². The van der Waals surface area contributed by atoms with Gasteiger partial charge >= 0.3 is 0 Å². The van der Waals surface area contributed by atoms with E-state index < -0.39 is 0 Å². The SMILES string of the molecule is CCOc1cccc(CO)c1C1CC1. The van der Waals surface area contributed by atoms with E-state index in [1.54, 1.807) is 0 Å². The lowest BCUT2D eigenvalue weighted by atomic mass is 10.0. The fourth-order valence-corrected chi connectivity index (χ4v) is 1.84. The van der Waals surface area contributed by atoms with E-state index in [2.05, 4.69) is 0 Å². The van der Waals surface area contributed by atoms with Crippen molar-refractivity contribution in [3.63, 3.8) is 0 Å². The highest BCUT2D eigenvalue weighted by molar-refractivity contribution is 5.44. The highest BCUT2D eigenvalue weighted by atomic mass is 16.5. The summed E-state index contributed by atoms with van der Waals surface area (Å²) in [5, 5.41) is 9.23. The molecule has 0 amide bonds. The minimum absolute atomic E-state index is 0.118. The van der Waals surface area contributed by atoms with E-state index in [0.29, 0.717) is 12.5 Å². The second kappa shape index (κ2) is 4.01. The van der Waals surface area contributed by atoms with Crippen LogP contribution < -0.4 is 4.74 Å². The Morgan fingerprint density at radius 2 is 2.21 bits per heavy atom. The molecule has 0 aliphatic heterocycles. The van der Waals surface area contributed by atoms with Crippen LogP contribution in [-0.4, -0.2) is 11.7 Å². The molecule has 0 heterocycles.